The molecule has 0 saturated heterocycles. The fourth-order valence-corrected chi connectivity index (χ4v) is 1.10. The lowest BCUT2D eigenvalue weighted by Crippen LogP contribution is -2.01. The molecule has 0 fully saturated rings. The van der Waals surface area contributed by atoms with Crippen LogP contribution in [0.4, 0.5) is 8.78 Å². The van der Waals surface area contributed by atoms with Crippen molar-refractivity contribution in [3.05, 3.63) is 47.0 Å². The minimum atomic E-state index is -1.38. The zero-order valence-corrected chi connectivity index (χ0v) is 7.35. The summed E-state index contributed by atoms with van der Waals surface area (Å²) in [6.45, 7) is 3.22. The highest BCUT2D eigenvalue weighted by atomic mass is 35.5. The Morgan fingerprint density at radius 2 is 2.08 bits per heavy atom. The molecule has 70 valence electrons. The van der Waals surface area contributed by atoms with E-state index in [0.29, 0.717) is 0 Å². The number of aliphatic hydroxyl groups excluding tert-OH is 1. The molecule has 1 rings (SSSR count). The highest BCUT2D eigenvalue weighted by molar-refractivity contribution is 6.30. The van der Waals surface area contributed by atoms with Crippen LogP contribution >= 0.6 is 11.6 Å². The molecule has 0 saturated carbocycles. The molecule has 13 heavy (non-hydrogen) atoms. The Bertz CT molecular complexity index is 339. The van der Waals surface area contributed by atoms with Crippen LogP contribution in [0.15, 0.2) is 24.8 Å². The lowest BCUT2D eigenvalue weighted by atomic mass is 10.1. The third-order valence-corrected chi connectivity index (χ3v) is 1.89. The molecule has 0 aromatic heterocycles. The van der Waals surface area contributed by atoms with Gasteiger partial charge in [0.15, 0.2) is 5.82 Å². The Morgan fingerprint density at radius 3 is 2.62 bits per heavy atom. The van der Waals surface area contributed by atoms with Gasteiger partial charge in [0.1, 0.15) is 11.9 Å². The van der Waals surface area contributed by atoms with E-state index in [0.717, 1.165) is 18.2 Å². The summed E-state index contributed by atoms with van der Waals surface area (Å²) in [5.74, 6) is -1.79. The normalized spacial score (nSPS) is 12.6. The lowest BCUT2D eigenvalue weighted by Gasteiger charge is -2.08. The molecule has 1 aromatic carbocycles. The van der Waals surface area contributed by atoms with E-state index in [-0.39, 0.29) is 5.02 Å². The molecular formula is C9H7ClF2O. The number of rotatable bonds is 2. The molecule has 0 bridgehead atoms. The first-order chi connectivity index (χ1) is 6.07. The summed E-state index contributed by atoms with van der Waals surface area (Å²) < 4.78 is 26.1. The molecule has 0 aliphatic heterocycles. The Labute approximate surface area is 79.3 Å². The predicted molar refractivity (Wildman–Crippen MR) is 46.5 cm³/mol. The molecule has 1 atom stereocenters. The second-order valence-electron chi connectivity index (χ2n) is 2.44. The van der Waals surface area contributed by atoms with E-state index in [1.165, 1.54) is 0 Å². The van der Waals surface area contributed by atoms with Crippen molar-refractivity contribution in [2.45, 2.75) is 6.10 Å². The van der Waals surface area contributed by atoms with Crippen LogP contribution in [0.1, 0.15) is 11.7 Å². The van der Waals surface area contributed by atoms with Gasteiger partial charge in [0, 0.05) is 0 Å². The molecule has 1 nitrogen and oxygen atoms in total. The smallest absolute Gasteiger partial charge is 0.150 e. The summed E-state index contributed by atoms with van der Waals surface area (Å²) in [5, 5.41) is 8.93. The fourth-order valence-electron chi connectivity index (χ4n) is 0.932. The van der Waals surface area contributed by atoms with Crippen LogP contribution in [-0.4, -0.2) is 5.11 Å². The average molecular weight is 205 g/mol. The van der Waals surface area contributed by atoms with E-state index in [1.807, 2.05) is 0 Å². The van der Waals surface area contributed by atoms with Crippen molar-refractivity contribution in [1.82, 2.24) is 0 Å². The van der Waals surface area contributed by atoms with Crippen molar-refractivity contribution >= 4 is 11.6 Å². The standard InChI is InChI=1S/C9H7ClF2O/c1-2-7(13)8-6(11)4-3-5(10)9(8)12/h2-4,7,13H,1H2/t7-/m1/s1. The van der Waals surface area contributed by atoms with Crippen LogP contribution in [0.25, 0.3) is 0 Å². The maximum Gasteiger partial charge on any atom is 0.150 e. The molecule has 0 unspecified atom stereocenters. The van der Waals surface area contributed by atoms with Gasteiger partial charge in [-0.15, -0.1) is 6.58 Å². The van der Waals surface area contributed by atoms with E-state index in [9.17, 15) is 8.78 Å². The van der Waals surface area contributed by atoms with Gasteiger partial charge in [-0.1, -0.05) is 17.7 Å². The second-order valence-corrected chi connectivity index (χ2v) is 2.84. The number of aliphatic hydroxyl groups is 1. The SMILES string of the molecule is C=C[C@@H](O)c1c(F)ccc(Cl)c1F. The fraction of sp³-hybridized carbons (Fsp3) is 0.111. The van der Waals surface area contributed by atoms with Crippen molar-refractivity contribution < 1.29 is 13.9 Å². The van der Waals surface area contributed by atoms with E-state index in [1.54, 1.807) is 0 Å². The Morgan fingerprint density at radius 1 is 1.46 bits per heavy atom. The van der Waals surface area contributed by atoms with Gasteiger partial charge in [-0.25, -0.2) is 8.78 Å². The van der Waals surface area contributed by atoms with Crippen molar-refractivity contribution in [2.24, 2.45) is 0 Å². The quantitative estimate of drug-likeness (QED) is 0.580. The van der Waals surface area contributed by atoms with Crippen LogP contribution < -0.4 is 0 Å². The third kappa shape index (κ3) is 1.87. The second kappa shape index (κ2) is 3.85. The van der Waals surface area contributed by atoms with Crippen LogP contribution in [0.2, 0.25) is 5.02 Å². The molecule has 4 heteroatoms. The van der Waals surface area contributed by atoms with Crippen molar-refractivity contribution in [2.75, 3.05) is 0 Å². The zero-order valence-electron chi connectivity index (χ0n) is 6.60. The monoisotopic (exact) mass is 204 g/mol. The summed E-state index contributed by atoms with van der Waals surface area (Å²) in [6, 6.07) is 2.08. The minimum Gasteiger partial charge on any atom is -0.384 e. The predicted octanol–water partition coefficient (Wildman–Crippen LogP) is 2.84. The molecule has 1 N–H and O–H groups in total. The topological polar surface area (TPSA) is 20.2 Å². The van der Waals surface area contributed by atoms with Gasteiger partial charge in [-0.3, -0.25) is 0 Å². The average Bonchev–Trinajstić information content (AvgIpc) is 2.12. The largest absolute Gasteiger partial charge is 0.384 e. The molecule has 0 radical (unpaired) electrons. The zero-order chi connectivity index (χ0) is 10.0. The number of benzene rings is 1. The Balaban J connectivity index is 3.32. The maximum absolute atomic E-state index is 13.1. The van der Waals surface area contributed by atoms with Gasteiger partial charge in [0.05, 0.1) is 10.6 Å². The summed E-state index contributed by atoms with van der Waals surface area (Å²) >= 11 is 5.40. The van der Waals surface area contributed by atoms with E-state index in [2.05, 4.69) is 6.58 Å². The summed E-state index contributed by atoms with van der Waals surface area (Å²) in [5.41, 5.74) is -0.470. The number of hydrogen-bond donors (Lipinski definition) is 1. The van der Waals surface area contributed by atoms with Crippen molar-refractivity contribution in [3.8, 4) is 0 Å². The third-order valence-electron chi connectivity index (χ3n) is 1.60. The van der Waals surface area contributed by atoms with Gasteiger partial charge in [-0.05, 0) is 12.1 Å². The molecular weight excluding hydrogens is 198 g/mol. The van der Waals surface area contributed by atoms with Crippen LogP contribution in [0, 0.1) is 11.6 Å². The molecule has 0 amide bonds. The minimum absolute atomic E-state index is 0.225. The summed E-state index contributed by atoms with van der Waals surface area (Å²) in [4.78, 5) is 0. The van der Waals surface area contributed by atoms with E-state index >= 15 is 0 Å². The maximum atomic E-state index is 13.1. The molecule has 1 aromatic rings. The molecule has 0 aliphatic carbocycles. The molecule has 0 aliphatic rings. The first-order valence-corrected chi connectivity index (χ1v) is 3.89. The molecule has 0 heterocycles. The van der Waals surface area contributed by atoms with Gasteiger partial charge in [-0.2, -0.15) is 0 Å². The van der Waals surface area contributed by atoms with Gasteiger partial charge >= 0.3 is 0 Å². The van der Waals surface area contributed by atoms with Crippen molar-refractivity contribution in [1.29, 1.82) is 0 Å². The summed E-state index contributed by atoms with van der Waals surface area (Å²) in [7, 11) is 0. The van der Waals surface area contributed by atoms with Gasteiger partial charge in [0.2, 0.25) is 0 Å². The van der Waals surface area contributed by atoms with Crippen LogP contribution in [0.5, 0.6) is 0 Å². The van der Waals surface area contributed by atoms with Crippen LogP contribution in [-0.2, 0) is 0 Å². The van der Waals surface area contributed by atoms with Crippen LogP contribution in [0.3, 0.4) is 0 Å². The Kier molecular flexibility index (Phi) is 3.01. The van der Waals surface area contributed by atoms with E-state index < -0.39 is 23.3 Å². The van der Waals surface area contributed by atoms with E-state index in [4.69, 9.17) is 16.7 Å². The van der Waals surface area contributed by atoms with Gasteiger partial charge in [0.25, 0.3) is 0 Å². The summed E-state index contributed by atoms with van der Waals surface area (Å²) in [6.07, 6.45) is -0.351. The van der Waals surface area contributed by atoms with Gasteiger partial charge < -0.3 is 5.11 Å². The molecule has 0 spiro atoms. The van der Waals surface area contributed by atoms with Crippen molar-refractivity contribution in [3.63, 3.8) is 0 Å². The first-order valence-electron chi connectivity index (χ1n) is 3.52. The highest BCUT2D eigenvalue weighted by Gasteiger charge is 2.17. The number of halogens is 3. The Hall–Kier alpha value is -0.930. The highest BCUT2D eigenvalue weighted by Crippen LogP contribution is 2.26. The first kappa shape index (κ1) is 10.2. The number of hydrogen-bond acceptors (Lipinski definition) is 1. The lowest BCUT2D eigenvalue weighted by molar-refractivity contribution is 0.217.